The van der Waals surface area contributed by atoms with Crippen LogP contribution < -0.4 is 24.8 Å². The summed E-state index contributed by atoms with van der Waals surface area (Å²) in [5, 5.41) is 5.37. The van der Waals surface area contributed by atoms with E-state index in [1.54, 1.807) is 43.5 Å². The molecule has 0 saturated carbocycles. The molecule has 0 saturated heterocycles. The average Bonchev–Trinajstić information content (AvgIpc) is 3.07. The van der Waals surface area contributed by atoms with Gasteiger partial charge in [0.2, 0.25) is 18.6 Å². The number of carbonyl (C=O) groups is 2. The van der Waals surface area contributed by atoms with Gasteiger partial charge in [-0.1, -0.05) is 12.1 Å². The summed E-state index contributed by atoms with van der Waals surface area (Å²) in [6.07, 6.45) is -0.262. The van der Waals surface area contributed by atoms with E-state index in [4.69, 9.17) is 14.2 Å². The van der Waals surface area contributed by atoms with Crippen LogP contribution in [0, 0.1) is 0 Å². The van der Waals surface area contributed by atoms with Gasteiger partial charge < -0.3 is 24.8 Å². The smallest absolute Gasteiger partial charge is 0.233 e. The number of benzene rings is 2. The maximum atomic E-state index is 11.9. The van der Waals surface area contributed by atoms with Gasteiger partial charge in [0.1, 0.15) is 12.2 Å². The topological polar surface area (TPSA) is 85.9 Å². The van der Waals surface area contributed by atoms with Crippen LogP contribution in [0.25, 0.3) is 0 Å². The molecule has 0 aliphatic carbocycles. The summed E-state index contributed by atoms with van der Waals surface area (Å²) in [4.78, 5) is 23.9. The summed E-state index contributed by atoms with van der Waals surface area (Å²) in [5.41, 5.74) is 1.44. The maximum Gasteiger partial charge on any atom is 0.233 e. The minimum absolute atomic E-state index is 0.204. The van der Waals surface area contributed by atoms with Gasteiger partial charge in [0.05, 0.1) is 7.11 Å². The lowest BCUT2D eigenvalue weighted by atomic mass is 10.2. The molecule has 0 bridgehead atoms. The second kappa shape index (κ2) is 7.57. The Morgan fingerprint density at radius 3 is 2.76 bits per heavy atom. The molecule has 2 amide bonds. The fraction of sp³-hybridized carbons (Fsp3) is 0.222. The SMILES string of the molecule is COc1cccc(NC(=O)CC(=O)NCc2ccc3c(c2)OCO3)c1. The van der Waals surface area contributed by atoms with E-state index in [1.165, 1.54) is 0 Å². The average molecular weight is 342 g/mol. The second-order valence-electron chi connectivity index (χ2n) is 5.42. The molecule has 0 fully saturated rings. The zero-order valence-corrected chi connectivity index (χ0v) is 13.7. The number of hydrogen-bond acceptors (Lipinski definition) is 5. The van der Waals surface area contributed by atoms with Crippen molar-refractivity contribution in [2.45, 2.75) is 13.0 Å². The van der Waals surface area contributed by atoms with Crippen LogP contribution in [0.5, 0.6) is 17.2 Å². The second-order valence-corrected chi connectivity index (χ2v) is 5.42. The first-order chi connectivity index (χ1) is 12.1. The molecule has 7 heteroatoms. The van der Waals surface area contributed by atoms with E-state index in [0.29, 0.717) is 29.5 Å². The molecule has 0 spiro atoms. The fourth-order valence-electron chi connectivity index (χ4n) is 2.37. The Morgan fingerprint density at radius 2 is 1.92 bits per heavy atom. The molecular weight excluding hydrogens is 324 g/mol. The van der Waals surface area contributed by atoms with Crippen LogP contribution >= 0.6 is 0 Å². The van der Waals surface area contributed by atoms with E-state index in [1.807, 2.05) is 6.07 Å². The lowest BCUT2D eigenvalue weighted by Gasteiger charge is -2.08. The zero-order valence-electron chi connectivity index (χ0n) is 13.7. The van der Waals surface area contributed by atoms with Crippen molar-refractivity contribution in [3.8, 4) is 17.2 Å². The highest BCUT2D eigenvalue weighted by molar-refractivity contribution is 6.03. The Morgan fingerprint density at radius 1 is 1.08 bits per heavy atom. The van der Waals surface area contributed by atoms with E-state index < -0.39 is 5.91 Å². The van der Waals surface area contributed by atoms with Gasteiger partial charge in [-0.25, -0.2) is 0 Å². The van der Waals surface area contributed by atoms with Gasteiger partial charge in [-0.05, 0) is 29.8 Å². The number of ether oxygens (including phenoxy) is 3. The van der Waals surface area contributed by atoms with Gasteiger partial charge in [0, 0.05) is 18.3 Å². The Kier molecular flexibility index (Phi) is 5.03. The summed E-state index contributed by atoms with van der Waals surface area (Å²) in [7, 11) is 1.55. The van der Waals surface area contributed by atoms with Crippen molar-refractivity contribution in [2.24, 2.45) is 0 Å². The van der Waals surface area contributed by atoms with Gasteiger partial charge in [-0.3, -0.25) is 9.59 Å². The van der Waals surface area contributed by atoms with E-state index >= 15 is 0 Å². The Labute approximate surface area is 144 Å². The van der Waals surface area contributed by atoms with Crippen LogP contribution in [-0.4, -0.2) is 25.7 Å². The fourth-order valence-corrected chi connectivity index (χ4v) is 2.37. The molecule has 7 nitrogen and oxygen atoms in total. The number of rotatable bonds is 6. The predicted octanol–water partition coefficient (Wildman–Crippen LogP) is 2.07. The zero-order chi connectivity index (χ0) is 17.6. The Balaban J connectivity index is 1.47. The van der Waals surface area contributed by atoms with Crippen LogP contribution in [0.3, 0.4) is 0 Å². The van der Waals surface area contributed by atoms with Gasteiger partial charge in [0.15, 0.2) is 11.5 Å². The molecular formula is C18H18N2O5. The number of carbonyl (C=O) groups excluding carboxylic acids is 2. The monoisotopic (exact) mass is 342 g/mol. The quantitative estimate of drug-likeness (QED) is 0.785. The largest absolute Gasteiger partial charge is 0.497 e. The van der Waals surface area contributed by atoms with E-state index in [-0.39, 0.29) is 19.1 Å². The minimum atomic E-state index is -0.392. The van der Waals surface area contributed by atoms with Crippen LogP contribution in [0.15, 0.2) is 42.5 Å². The molecule has 0 atom stereocenters. The molecule has 1 heterocycles. The first kappa shape index (κ1) is 16.6. The van der Waals surface area contributed by atoms with Crippen molar-refractivity contribution in [3.63, 3.8) is 0 Å². The Hall–Kier alpha value is -3.22. The highest BCUT2D eigenvalue weighted by Gasteiger charge is 2.14. The van der Waals surface area contributed by atoms with Crippen molar-refractivity contribution < 1.29 is 23.8 Å². The molecule has 0 aromatic heterocycles. The molecule has 1 aliphatic rings. The molecule has 3 rings (SSSR count). The van der Waals surface area contributed by atoms with Crippen LogP contribution in [-0.2, 0) is 16.1 Å². The summed E-state index contributed by atoms with van der Waals surface area (Å²) in [6, 6.07) is 12.4. The van der Waals surface area contributed by atoms with Gasteiger partial charge in [-0.15, -0.1) is 0 Å². The first-order valence-corrected chi connectivity index (χ1v) is 7.73. The highest BCUT2D eigenvalue weighted by Crippen LogP contribution is 2.32. The van der Waals surface area contributed by atoms with Crippen molar-refractivity contribution in [2.75, 3.05) is 19.2 Å². The number of fused-ring (bicyclic) bond motifs is 1. The minimum Gasteiger partial charge on any atom is -0.497 e. The van der Waals surface area contributed by atoms with Crippen LogP contribution in [0.2, 0.25) is 0 Å². The third-order valence-corrected chi connectivity index (χ3v) is 3.60. The molecule has 25 heavy (non-hydrogen) atoms. The molecule has 2 N–H and O–H groups in total. The van der Waals surface area contributed by atoms with E-state index in [9.17, 15) is 9.59 Å². The van der Waals surface area contributed by atoms with E-state index in [2.05, 4.69) is 10.6 Å². The standard InChI is InChI=1S/C18H18N2O5/c1-23-14-4-2-3-13(8-14)20-18(22)9-17(21)19-10-12-5-6-15-16(7-12)25-11-24-15/h2-8H,9-11H2,1H3,(H,19,21)(H,20,22). The molecule has 0 unspecified atom stereocenters. The predicted molar refractivity (Wildman–Crippen MR) is 90.7 cm³/mol. The molecule has 2 aromatic rings. The van der Waals surface area contributed by atoms with Crippen molar-refractivity contribution in [1.82, 2.24) is 5.32 Å². The summed E-state index contributed by atoms with van der Waals surface area (Å²) >= 11 is 0. The van der Waals surface area contributed by atoms with Crippen molar-refractivity contribution >= 4 is 17.5 Å². The lowest BCUT2D eigenvalue weighted by Crippen LogP contribution is -2.27. The summed E-state index contributed by atoms with van der Waals surface area (Å²) in [5.74, 6) is 1.22. The van der Waals surface area contributed by atoms with Gasteiger partial charge >= 0.3 is 0 Å². The van der Waals surface area contributed by atoms with Crippen molar-refractivity contribution in [1.29, 1.82) is 0 Å². The molecule has 1 aliphatic heterocycles. The maximum absolute atomic E-state index is 11.9. The number of hydrogen-bond donors (Lipinski definition) is 2. The number of nitrogens with one attached hydrogen (secondary N) is 2. The highest BCUT2D eigenvalue weighted by atomic mass is 16.7. The number of methoxy groups -OCH3 is 1. The van der Waals surface area contributed by atoms with Crippen LogP contribution in [0.1, 0.15) is 12.0 Å². The third-order valence-electron chi connectivity index (χ3n) is 3.60. The first-order valence-electron chi connectivity index (χ1n) is 7.73. The van der Waals surface area contributed by atoms with E-state index in [0.717, 1.165) is 5.56 Å². The Bertz CT molecular complexity index is 791. The van der Waals surface area contributed by atoms with Crippen LogP contribution in [0.4, 0.5) is 5.69 Å². The normalized spacial score (nSPS) is 11.7. The summed E-state index contributed by atoms with van der Waals surface area (Å²) in [6.45, 7) is 0.511. The number of anilines is 1. The van der Waals surface area contributed by atoms with Gasteiger partial charge in [0.25, 0.3) is 0 Å². The summed E-state index contributed by atoms with van der Waals surface area (Å²) < 4.78 is 15.6. The number of amides is 2. The molecule has 0 radical (unpaired) electrons. The lowest BCUT2D eigenvalue weighted by molar-refractivity contribution is -0.126. The van der Waals surface area contributed by atoms with Crippen molar-refractivity contribution in [3.05, 3.63) is 48.0 Å². The third kappa shape index (κ3) is 4.41. The molecule has 130 valence electrons. The van der Waals surface area contributed by atoms with Gasteiger partial charge in [-0.2, -0.15) is 0 Å². The molecule has 2 aromatic carbocycles.